The maximum absolute atomic E-state index is 6.75. The Morgan fingerprint density at radius 3 is 1.88 bits per heavy atom. The Morgan fingerprint density at radius 1 is 0.417 bits per heavy atom. The highest BCUT2D eigenvalue weighted by Crippen LogP contribution is 2.58. The quantitative estimate of drug-likeness (QED) is 0.174. The lowest BCUT2D eigenvalue weighted by molar-refractivity contribution is 0.360. The first-order chi connectivity index (χ1) is 29.5. The zero-order chi connectivity index (χ0) is 40.0. The minimum atomic E-state index is -0.127. The van der Waals surface area contributed by atoms with Gasteiger partial charge in [-0.25, -0.2) is 9.97 Å². The SMILES string of the molecule is CC1(C)c2ccccc2-c2c1ccc1c2Oc2cc(-c3ccc(-c4cc(-c5ccccc5)nc(-c5ccc(-c6cccc7c6oc6ccccc67)cc5)n4)cc3)ccc2O1. The van der Waals surface area contributed by atoms with Crippen molar-refractivity contribution in [3.63, 3.8) is 0 Å². The van der Waals surface area contributed by atoms with Crippen LogP contribution in [0.4, 0.5) is 0 Å². The normalized spacial score (nSPS) is 13.2. The number of hydrogen-bond acceptors (Lipinski definition) is 5. The molecule has 0 N–H and O–H groups in total. The van der Waals surface area contributed by atoms with Gasteiger partial charge in [0.1, 0.15) is 11.2 Å². The first kappa shape index (κ1) is 34.3. The molecule has 8 aromatic carbocycles. The number of furan rings is 1. The van der Waals surface area contributed by atoms with E-state index < -0.39 is 0 Å². The second-order valence-electron chi connectivity index (χ2n) is 16.1. The summed E-state index contributed by atoms with van der Waals surface area (Å²) in [5.74, 6) is 3.58. The number of hydrogen-bond donors (Lipinski definition) is 0. The van der Waals surface area contributed by atoms with Gasteiger partial charge in [-0.05, 0) is 63.7 Å². The number of benzene rings is 8. The van der Waals surface area contributed by atoms with Gasteiger partial charge in [-0.2, -0.15) is 0 Å². The van der Waals surface area contributed by atoms with Gasteiger partial charge in [-0.1, -0.05) is 166 Å². The van der Waals surface area contributed by atoms with Crippen molar-refractivity contribution in [2.24, 2.45) is 0 Å². The van der Waals surface area contributed by atoms with Gasteiger partial charge in [0.25, 0.3) is 0 Å². The molecule has 2 aromatic heterocycles. The van der Waals surface area contributed by atoms with Crippen LogP contribution in [0.25, 0.3) is 89.2 Å². The van der Waals surface area contributed by atoms with E-state index in [1.807, 2.05) is 48.5 Å². The molecule has 0 saturated carbocycles. The molecule has 1 aliphatic heterocycles. The predicted molar refractivity (Wildman–Crippen MR) is 241 cm³/mol. The zero-order valence-corrected chi connectivity index (χ0v) is 32.9. The first-order valence-electron chi connectivity index (χ1n) is 20.3. The molecule has 1 aliphatic carbocycles. The molecule has 0 fully saturated rings. The molecule has 0 unspecified atom stereocenters. The molecule has 0 amide bonds. The molecule has 0 bridgehead atoms. The van der Waals surface area contributed by atoms with Gasteiger partial charge < -0.3 is 13.9 Å². The van der Waals surface area contributed by atoms with Crippen molar-refractivity contribution >= 4 is 21.9 Å². The highest BCUT2D eigenvalue weighted by Gasteiger charge is 2.39. The highest BCUT2D eigenvalue weighted by atomic mass is 16.6. The van der Waals surface area contributed by atoms with E-state index in [2.05, 4.69) is 147 Å². The first-order valence-corrected chi connectivity index (χ1v) is 20.3. The molecule has 60 heavy (non-hydrogen) atoms. The zero-order valence-electron chi connectivity index (χ0n) is 32.9. The summed E-state index contributed by atoms with van der Waals surface area (Å²) in [7, 11) is 0. The van der Waals surface area contributed by atoms with E-state index in [-0.39, 0.29) is 5.41 Å². The number of nitrogens with zero attached hydrogens (tertiary/aromatic N) is 2. The summed E-state index contributed by atoms with van der Waals surface area (Å²) in [6.07, 6.45) is 0. The Balaban J connectivity index is 0.873. The Labute approximate surface area is 347 Å². The van der Waals surface area contributed by atoms with Crippen molar-refractivity contribution in [1.29, 1.82) is 0 Å². The third-order valence-corrected chi connectivity index (χ3v) is 12.2. The molecule has 2 aliphatic rings. The molecular weight excluding hydrogens is 737 g/mol. The molecule has 5 heteroatoms. The van der Waals surface area contributed by atoms with Crippen LogP contribution >= 0.6 is 0 Å². The van der Waals surface area contributed by atoms with Gasteiger partial charge in [-0.3, -0.25) is 0 Å². The largest absolute Gasteiger partial charge is 0.455 e. The summed E-state index contributed by atoms with van der Waals surface area (Å²) >= 11 is 0. The van der Waals surface area contributed by atoms with Crippen molar-refractivity contribution in [2.75, 3.05) is 0 Å². The lowest BCUT2D eigenvalue weighted by Gasteiger charge is -2.25. The van der Waals surface area contributed by atoms with Crippen molar-refractivity contribution in [1.82, 2.24) is 9.97 Å². The standard InChI is InChI=1S/C55H36N2O3/c1-55(2)43-17-8-6-14-42(43)51-44(55)28-30-49-53(51)60-50-31-38(27-29-48(50)58-49)33-19-23-36(24-20-33)46-32-45(35-11-4-3-5-12-35)56-54(57-46)37-25-21-34(22-26-37)39-15-10-16-41-40-13-7-9-18-47(40)59-52(39)41/h3-32H,1-2H3. The second-order valence-corrected chi connectivity index (χ2v) is 16.1. The second kappa shape index (κ2) is 13.1. The van der Waals surface area contributed by atoms with Crippen molar-refractivity contribution < 1.29 is 13.9 Å². The van der Waals surface area contributed by atoms with E-state index in [1.54, 1.807) is 0 Å². The average Bonchev–Trinajstić information content (AvgIpc) is 3.80. The van der Waals surface area contributed by atoms with Crippen molar-refractivity contribution in [2.45, 2.75) is 19.3 Å². The third kappa shape index (κ3) is 5.40. The van der Waals surface area contributed by atoms with E-state index >= 15 is 0 Å². The maximum Gasteiger partial charge on any atom is 0.178 e. The molecule has 12 rings (SSSR count). The molecule has 3 heterocycles. The van der Waals surface area contributed by atoms with Gasteiger partial charge in [0.2, 0.25) is 0 Å². The fraction of sp³-hybridized carbons (Fsp3) is 0.0545. The van der Waals surface area contributed by atoms with Crippen LogP contribution < -0.4 is 9.47 Å². The summed E-state index contributed by atoms with van der Waals surface area (Å²) in [5, 5.41) is 2.23. The number of rotatable bonds is 5. The molecule has 0 atom stereocenters. The van der Waals surface area contributed by atoms with Crippen LogP contribution in [0.3, 0.4) is 0 Å². The summed E-state index contributed by atoms with van der Waals surface area (Å²) < 4.78 is 19.6. The van der Waals surface area contributed by atoms with Crippen LogP contribution in [-0.4, -0.2) is 9.97 Å². The molecule has 0 radical (unpaired) electrons. The summed E-state index contributed by atoms with van der Waals surface area (Å²) in [6.45, 7) is 4.55. The molecule has 284 valence electrons. The Bertz CT molecular complexity index is 3330. The highest BCUT2D eigenvalue weighted by molar-refractivity contribution is 6.09. The van der Waals surface area contributed by atoms with Crippen LogP contribution in [-0.2, 0) is 5.41 Å². The van der Waals surface area contributed by atoms with Gasteiger partial charge >= 0.3 is 0 Å². The van der Waals surface area contributed by atoms with Gasteiger partial charge in [0, 0.05) is 44.0 Å². The Morgan fingerprint density at radius 2 is 1.05 bits per heavy atom. The van der Waals surface area contributed by atoms with Crippen molar-refractivity contribution in [3.05, 3.63) is 193 Å². The van der Waals surface area contributed by atoms with Crippen molar-refractivity contribution in [3.8, 4) is 90.3 Å². The lowest BCUT2D eigenvalue weighted by Crippen LogP contribution is -2.15. The average molecular weight is 773 g/mol. The van der Waals surface area contributed by atoms with Gasteiger partial charge in [0.05, 0.1) is 11.4 Å². The Kier molecular flexibility index (Phi) is 7.51. The van der Waals surface area contributed by atoms with E-state index in [1.165, 1.54) is 16.7 Å². The summed E-state index contributed by atoms with van der Waals surface area (Å²) in [4.78, 5) is 10.2. The lowest BCUT2D eigenvalue weighted by atomic mass is 9.82. The minimum Gasteiger partial charge on any atom is -0.455 e. The molecule has 0 spiro atoms. The third-order valence-electron chi connectivity index (χ3n) is 12.2. The van der Waals surface area contributed by atoms with E-state index in [4.69, 9.17) is 23.9 Å². The minimum absolute atomic E-state index is 0.127. The summed E-state index contributed by atoms with van der Waals surface area (Å²) in [5.41, 5.74) is 15.4. The maximum atomic E-state index is 6.75. The molecule has 0 saturated heterocycles. The predicted octanol–water partition coefficient (Wildman–Crippen LogP) is 14.9. The van der Waals surface area contributed by atoms with Crippen LogP contribution in [0.5, 0.6) is 23.0 Å². The van der Waals surface area contributed by atoms with E-state index in [0.29, 0.717) is 17.3 Å². The fourth-order valence-electron chi connectivity index (χ4n) is 9.09. The van der Waals surface area contributed by atoms with E-state index in [9.17, 15) is 0 Å². The monoisotopic (exact) mass is 772 g/mol. The van der Waals surface area contributed by atoms with Gasteiger partial charge in [-0.15, -0.1) is 0 Å². The van der Waals surface area contributed by atoms with Crippen LogP contribution in [0, 0.1) is 0 Å². The van der Waals surface area contributed by atoms with Gasteiger partial charge in [0.15, 0.2) is 28.8 Å². The number of para-hydroxylation sites is 2. The molecular formula is C55H36N2O3. The van der Waals surface area contributed by atoms with Crippen LogP contribution in [0.15, 0.2) is 186 Å². The number of aromatic nitrogens is 2. The topological polar surface area (TPSA) is 57.4 Å². The fourth-order valence-corrected chi connectivity index (χ4v) is 9.09. The number of fused-ring (bicyclic) bond motifs is 9. The van der Waals surface area contributed by atoms with E-state index in [0.717, 1.165) is 89.3 Å². The Hall–Kier alpha value is -7.76. The number of ether oxygens (including phenoxy) is 2. The van der Waals surface area contributed by atoms with Crippen LogP contribution in [0.1, 0.15) is 25.0 Å². The molecule has 5 nitrogen and oxygen atoms in total. The van der Waals surface area contributed by atoms with Crippen LogP contribution in [0.2, 0.25) is 0 Å². The summed E-state index contributed by atoms with van der Waals surface area (Å²) in [6, 6.07) is 62.9. The molecule has 10 aromatic rings. The smallest absolute Gasteiger partial charge is 0.178 e.